The second-order valence-electron chi connectivity index (χ2n) is 1.41. The maximum atomic E-state index is 8.77. The Morgan fingerprint density at radius 3 is 2.12 bits per heavy atom. The van der Waals surface area contributed by atoms with Gasteiger partial charge in [0.1, 0.15) is 0 Å². The van der Waals surface area contributed by atoms with Crippen LogP contribution in [0.5, 0.6) is 0 Å². The van der Waals surface area contributed by atoms with E-state index < -0.39 is 5.06 Å². The summed E-state index contributed by atoms with van der Waals surface area (Å²) in [7, 11) is 0. The molecule has 0 radical (unpaired) electrons. The van der Waals surface area contributed by atoms with E-state index in [1.165, 1.54) is 6.92 Å². The normalized spacial score (nSPS) is 20.4. The molecule has 0 saturated heterocycles. The van der Waals surface area contributed by atoms with Gasteiger partial charge in [-0.25, -0.2) is 0 Å². The number of rotatable bonds is 1. The first-order chi connectivity index (χ1) is 3.48. The fraction of sp³-hybridized carbons (Fsp3) is 0.500. The van der Waals surface area contributed by atoms with Gasteiger partial charge in [0, 0.05) is 5.54 Å². The highest BCUT2D eigenvalue weighted by Gasteiger charge is 2.19. The van der Waals surface area contributed by atoms with Gasteiger partial charge in [0.25, 0.3) is 0 Å². The Labute approximate surface area is 62.8 Å². The van der Waals surface area contributed by atoms with Gasteiger partial charge in [-0.15, -0.1) is 0 Å². The maximum absolute atomic E-state index is 8.77. The Morgan fingerprint density at radius 2 is 2.12 bits per heavy atom. The van der Waals surface area contributed by atoms with Crippen molar-refractivity contribution in [3.05, 3.63) is 10.6 Å². The monoisotopic (exact) mass is 174 g/mol. The lowest BCUT2D eigenvalue weighted by atomic mass is 10.4. The van der Waals surface area contributed by atoms with Gasteiger partial charge in [0.15, 0.2) is 5.06 Å². The van der Waals surface area contributed by atoms with Crippen molar-refractivity contribution in [2.45, 2.75) is 12.0 Å². The fourth-order valence-corrected chi connectivity index (χ4v) is 0.422. The van der Waals surface area contributed by atoms with Crippen molar-refractivity contribution < 1.29 is 5.11 Å². The van der Waals surface area contributed by atoms with E-state index in [0.29, 0.717) is 0 Å². The Bertz CT molecular complexity index is 102. The van der Waals surface area contributed by atoms with Crippen molar-refractivity contribution in [2.24, 2.45) is 0 Å². The van der Waals surface area contributed by atoms with E-state index in [2.05, 4.69) is 0 Å². The average Bonchev–Trinajstić information content (AvgIpc) is 1.62. The summed E-state index contributed by atoms with van der Waals surface area (Å²) in [6, 6.07) is 0. The third kappa shape index (κ3) is 2.78. The van der Waals surface area contributed by atoms with Crippen LogP contribution in [0.4, 0.5) is 0 Å². The molecule has 0 aromatic heterocycles. The van der Waals surface area contributed by atoms with E-state index in [-0.39, 0.29) is 5.03 Å². The molecule has 4 heteroatoms. The summed E-state index contributed by atoms with van der Waals surface area (Å²) >= 11 is 15.6. The Hall–Kier alpha value is 0.570. The molecule has 0 aliphatic heterocycles. The summed E-state index contributed by atoms with van der Waals surface area (Å²) in [4.78, 5) is 0. The average molecular weight is 175 g/mol. The third-order valence-corrected chi connectivity index (χ3v) is 1.64. The highest BCUT2D eigenvalue weighted by Crippen LogP contribution is 2.24. The van der Waals surface area contributed by atoms with Crippen LogP contribution in [0.25, 0.3) is 0 Å². The zero-order valence-electron chi connectivity index (χ0n) is 4.16. The van der Waals surface area contributed by atoms with Crippen LogP contribution in [0.15, 0.2) is 10.6 Å². The van der Waals surface area contributed by atoms with Gasteiger partial charge in [-0.05, 0) is 6.92 Å². The Balaban J connectivity index is 4.03. The predicted molar refractivity (Wildman–Crippen MR) is 36.3 cm³/mol. The molecule has 0 bridgehead atoms. The van der Waals surface area contributed by atoms with Gasteiger partial charge in [0.2, 0.25) is 0 Å². The molecule has 48 valence electrons. The van der Waals surface area contributed by atoms with Crippen molar-refractivity contribution in [1.82, 2.24) is 0 Å². The number of hydrogen-bond acceptors (Lipinski definition) is 1. The summed E-state index contributed by atoms with van der Waals surface area (Å²) in [6.07, 6.45) is 0. The Kier molecular flexibility index (Phi) is 3.13. The number of aliphatic hydroxyl groups is 1. The largest absolute Gasteiger partial charge is 0.370 e. The van der Waals surface area contributed by atoms with E-state index in [1.807, 2.05) is 0 Å². The lowest BCUT2D eigenvalue weighted by molar-refractivity contribution is 0.196. The third-order valence-electron chi connectivity index (χ3n) is 0.532. The molecular weight excluding hydrogens is 170 g/mol. The van der Waals surface area contributed by atoms with Gasteiger partial charge in [-0.3, -0.25) is 0 Å². The number of alkyl halides is 1. The first-order valence-electron chi connectivity index (χ1n) is 1.86. The first-order valence-corrected chi connectivity index (χ1v) is 3.05. The van der Waals surface area contributed by atoms with Crippen molar-refractivity contribution in [3.63, 3.8) is 0 Å². The predicted octanol–water partition coefficient (Wildman–Crippen LogP) is 2.25. The highest BCUT2D eigenvalue weighted by atomic mass is 35.5. The van der Waals surface area contributed by atoms with E-state index >= 15 is 0 Å². The molecule has 1 nitrogen and oxygen atoms in total. The molecule has 1 unspecified atom stereocenters. The van der Waals surface area contributed by atoms with E-state index in [0.717, 1.165) is 5.54 Å². The molecule has 0 aliphatic rings. The smallest absolute Gasteiger partial charge is 0.172 e. The van der Waals surface area contributed by atoms with Crippen molar-refractivity contribution in [2.75, 3.05) is 0 Å². The van der Waals surface area contributed by atoms with Crippen molar-refractivity contribution >= 4 is 34.8 Å². The topological polar surface area (TPSA) is 20.2 Å². The molecule has 0 heterocycles. The molecule has 0 aromatic carbocycles. The summed E-state index contributed by atoms with van der Waals surface area (Å²) in [5, 5.41) is 7.26. The van der Waals surface area contributed by atoms with Gasteiger partial charge in [0.05, 0.1) is 5.03 Å². The molecule has 0 amide bonds. The lowest BCUT2D eigenvalue weighted by Crippen LogP contribution is -2.13. The van der Waals surface area contributed by atoms with E-state index in [9.17, 15) is 0 Å². The molecular formula is C4H5Cl3O. The fourth-order valence-electron chi connectivity index (χ4n) is 0.0996. The molecule has 1 N–H and O–H groups in total. The van der Waals surface area contributed by atoms with Crippen LogP contribution in [0.3, 0.4) is 0 Å². The molecule has 0 fully saturated rings. The Morgan fingerprint density at radius 1 is 1.75 bits per heavy atom. The minimum Gasteiger partial charge on any atom is -0.370 e. The zero-order chi connectivity index (χ0) is 6.78. The van der Waals surface area contributed by atoms with Gasteiger partial charge < -0.3 is 5.11 Å². The quantitative estimate of drug-likeness (QED) is 0.606. The van der Waals surface area contributed by atoms with Gasteiger partial charge >= 0.3 is 0 Å². The molecule has 0 aliphatic carbocycles. The molecule has 0 spiro atoms. The SMILES string of the molecule is CC(O)(Cl)/C(Cl)=C/Cl. The zero-order valence-corrected chi connectivity index (χ0v) is 6.43. The lowest BCUT2D eigenvalue weighted by Gasteiger charge is -2.10. The molecule has 8 heavy (non-hydrogen) atoms. The summed E-state index contributed by atoms with van der Waals surface area (Å²) in [5.41, 5.74) is 1.02. The standard InChI is InChI=1S/C4H5Cl3O/c1-4(7,8)3(6)2-5/h2,8H,1H3/b3-2-. The maximum Gasteiger partial charge on any atom is 0.172 e. The van der Waals surface area contributed by atoms with Gasteiger partial charge in [-0.2, -0.15) is 0 Å². The van der Waals surface area contributed by atoms with Crippen LogP contribution in [0, 0.1) is 0 Å². The number of halogens is 3. The van der Waals surface area contributed by atoms with Crippen LogP contribution in [0.1, 0.15) is 6.92 Å². The van der Waals surface area contributed by atoms with Crippen LogP contribution in [0.2, 0.25) is 0 Å². The second-order valence-corrected chi connectivity index (χ2v) is 2.77. The summed E-state index contributed by atoms with van der Waals surface area (Å²) in [6.45, 7) is 1.33. The summed E-state index contributed by atoms with van der Waals surface area (Å²) < 4.78 is 0. The van der Waals surface area contributed by atoms with Crippen LogP contribution >= 0.6 is 34.8 Å². The minimum atomic E-state index is -1.52. The highest BCUT2D eigenvalue weighted by molar-refractivity contribution is 6.42. The van der Waals surface area contributed by atoms with Crippen LogP contribution in [-0.4, -0.2) is 10.2 Å². The van der Waals surface area contributed by atoms with E-state index in [4.69, 9.17) is 39.9 Å². The van der Waals surface area contributed by atoms with Crippen LogP contribution in [-0.2, 0) is 0 Å². The minimum absolute atomic E-state index is 0.0147. The molecule has 0 rings (SSSR count). The molecule has 0 saturated carbocycles. The second kappa shape index (κ2) is 2.92. The van der Waals surface area contributed by atoms with E-state index in [1.54, 1.807) is 0 Å². The number of hydrogen-bond donors (Lipinski definition) is 1. The molecule has 0 aromatic rings. The molecule has 1 atom stereocenters. The van der Waals surface area contributed by atoms with Crippen molar-refractivity contribution in [3.8, 4) is 0 Å². The first kappa shape index (κ1) is 8.57. The van der Waals surface area contributed by atoms with Crippen LogP contribution < -0.4 is 0 Å². The summed E-state index contributed by atoms with van der Waals surface area (Å²) in [5.74, 6) is 0. The van der Waals surface area contributed by atoms with Crippen molar-refractivity contribution in [1.29, 1.82) is 0 Å². The van der Waals surface area contributed by atoms with Gasteiger partial charge in [-0.1, -0.05) is 34.8 Å².